The molecule has 31 heavy (non-hydrogen) atoms. The largest absolute Gasteiger partial charge is 0.496 e. The third kappa shape index (κ3) is 4.06. The molecule has 0 saturated carbocycles. The van der Waals surface area contributed by atoms with Crippen molar-refractivity contribution in [3.05, 3.63) is 47.0 Å². The van der Waals surface area contributed by atoms with Crippen LogP contribution in [0.15, 0.2) is 41.3 Å². The minimum atomic E-state index is -3.92. The highest BCUT2D eigenvalue weighted by Crippen LogP contribution is 2.37. The van der Waals surface area contributed by atoms with Crippen molar-refractivity contribution < 1.29 is 27.5 Å². The summed E-state index contributed by atoms with van der Waals surface area (Å²) >= 11 is 6.21. The van der Waals surface area contributed by atoms with E-state index >= 15 is 0 Å². The van der Waals surface area contributed by atoms with Crippen LogP contribution >= 0.6 is 11.6 Å². The van der Waals surface area contributed by atoms with Crippen molar-refractivity contribution in [2.75, 3.05) is 45.2 Å². The van der Waals surface area contributed by atoms with Crippen molar-refractivity contribution >= 4 is 39.1 Å². The lowest BCUT2D eigenvalue weighted by atomic mass is 10.1. The van der Waals surface area contributed by atoms with E-state index in [4.69, 9.17) is 21.1 Å². The van der Waals surface area contributed by atoms with Gasteiger partial charge in [0.15, 0.2) is 6.61 Å². The summed E-state index contributed by atoms with van der Waals surface area (Å²) in [4.78, 5) is 25.8. The van der Waals surface area contributed by atoms with Crippen molar-refractivity contribution in [1.82, 2.24) is 9.21 Å². The fourth-order valence-electron chi connectivity index (χ4n) is 3.54. The number of fused-ring (bicyclic) bond motifs is 1. The smallest absolute Gasteiger partial charge is 0.262 e. The number of halogens is 1. The molecule has 2 aromatic rings. The first-order valence-electron chi connectivity index (χ1n) is 9.50. The van der Waals surface area contributed by atoms with Crippen molar-refractivity contribution in [2.24, 2.45) is 0 Å². The minimum absolute atomic E-state index is 0.0166. The van der Waals surface area contributed by atoms with Crippen LogP contribution in [0.4, 0.5) is 5.69 Å². The number of hydrogen-bond donors (Lipinski definition) is 1. The summed E-state index contributed by atoms with van der Waals surface area (Å²) in [7, 11) is -2.43. The normalized spacial score (nSPS) is 16.8. The number of hydrogen-bond acceptors (Lipinski definition) is 6. The van der Waals surface area contributed by atoms with Gasteiger partial charge in [0.05, 0.1) is 23.4 Å². The highest BCUT2D eigenvalue weighted by molar-refractivity contribution is 7.89. The molecule has 0 unspecified atom stereocenters. The number of ether oxygens (including phenoxy) is 2. The number of sulfonamides is 1. The van der Waals surface area contributed by atoms with Crippen LogP contribution in [0.3, 0.4) is 0 Å². The number of amides is 2. The van der Waals surface area contributed by atoms with E-state index in [0.29, 0.717) is 17.0 Å². The maximum absolute atomic E-state index is 13.2. The summed E-state index contributed by atoms with van der Waals surface area (Å²) in [5.74, 6) is 0.156. The molecule has 2 aromatic carbocycles. The van der Waals surface area contributed by atoms with Gasteiger partial charge >= 0.3 is 0 Å². The molecule has 2 amide bonds. The van der Waals surface area contributed by atoms with Crippen LogP contribution < -0.4 is 14.8 Å². The molecule has 11 heteroatoms. The van der Waals surface area contributed by atoms with E-state index in [-0.39, 0.29) is 60.3 Å². The first-order chi connectivity index (χ1) is 14.8. The van der Waals surface area contributed by atoms with Crippen LogP contribution in [0.25, 0.3) is 0 Å². The van der Waals surface area contributed by atoms with Crippen LogP contribution in [0.2, 0.25) is 5.02 Å². The average Bonchev–Trinajstić information content (AvgIpc) is 2.78. The fraction of sp³-hybridized carbons (Fsp3) is 0.300. The number of methoxy groups -OCH3 is 1. The molecule has 0 aromatic heterocycles. The third-order valence-corrected chi connectivity index (χ3v) is 7.51. The van der Waals surface area contributed by atoms with Gasteiger partial charge < -0.3 is 19.7 Å². The van der Waals surface area contributed by atoms with Gasteiger partial charge in [0.25, 0.3) is 11.8 Å². The number of benzene rings is 2. The van der Waals surface area contributed by atoms with Crippen molar-refractivity contribution in [2.45, 2.75) is 4.90 Å². The summed E-state index contributed by atoms with van der Waals surface area (Å²) < 4.78 is 38.2. The molecule has 4 rings (SSSR count). The van der Waals surface area contributed by atoms with Gasteiger partial charge in [-0.05, 0) is 18.2 Å². The molecule has 2 aliphatic heterocycles. The van der Waals surface area contributed by atoms with E-state index in [0.717, 1.165) is 0 Å². The van der Waals surface area contributed by atoms with Crippen LogP contribution in [0.5, 0.6) is 11.5 Å². The van der Waals surface area contributed by atoms with E-state index in [1.807, 2.05) is 0 Å². The van der Waals surface area contributed by atoms with E-state index in [1.165, 1.54) is 23.5 Å². The zero-order valence-electron chi connectivity index (χ0n) is 16.6. The Morgan fingerprint density at radius 1 is 1.16 bits per heavy atom. The highest BCUT2D eigenvalue weighted by Gasteiger charge is 2.33. The molecule has 1 fully saturated rings. The number of para-hydroxylation sites is 1. The number of piperazine rings is 1. The number of nitrogens with zero attached hydrogens (tertiary/aromatic N) is 2. The van der Waals surface area contributed by atoms with Crippen LogP contribution in [0, 0.1) is 0 Å². The fourth-order valence-corrected chi connectivity index (χ4v) is 5.48. The predicted octanol–water partition coefficient (Wildman–Crippen LogP) is 1.83. The Kier molecular flexibility index (Phi) is 5.78. The van der Waals surface area contributed by atoms with Gasteiger partial charge in [-0.15, -0.1) is 0 Å². The summed E-state index contributed by atoms with van der Waals surface area (Å²) in [6.07, 6.45) is 0. The monoisotopic (exact) mass is 465 g/mol. The van der Waals surface area contributed by atoms with Crippen molar-refractivity contribution in [3.8, 4) is 11.5 Å². The van der Waals surface area contributed by atoms with Gasteiger partial charge in [-0.25, -0.2) is 8.42 Å². The van der Waals surface area contributed by atoms with Gasteiger partial charge in [0.2, 0.25) is 10.0 Å². The molecule has 0 radical (unpaired) electrons. The number of anilines is 1. The van der Waals surface area contributed by atoms with Gasteiger partial charge in [0, 0.05) is 32.2 Å². The van der Waals surface area contributed by atoms with Crippen LogP contribution in [-0.2, 0) is 14.8 Å². The average molecular weight is 466 g/mol. The van der Waals surface area contributed by atoms with E-state index < -0.39 is 10.0 Å². The van der Waals surface area contributed by atoms with Gasteiger partial charge in [0.1, 0.15) is 16.4 Å². The number of carbonyl (C=O) groups excluding carboxylic acids is 2. The minimum Gasteiger partial charge on any atom is -0.496 e. The second-order valence-electron chi connectivity index (χ2n) is 7.01. The van der Waals surface area contributed by atoms with Crippen molar-refractivity contribution in [1.29, 1.82) is 0 Å². The Balaban J connectivity index is 1.51. The number of carbonyl (C=O) groups is 2. The molecule has 2 aliphatic rings. The molecule has 164 valence electrons. The standard InChI is InChI=1S/C20H20ClN3O6S/c1-29-16-5-3-2-4-13(16)20(26)23-6-8-24(9-7-23)31(27,28)18-11-17-15(10-14(18)21)22-19(25)12-30-17/h2-5,10-11H,6-9,12H2,1H3,(H,22,25). The van der Waals surface area contributed by atoms with Crippen LogP contribution in [-0.4, -0.2) is 69.3 Å². The summed E-state index contributed by atoms with van der Waals surface area (Å²) in [6.45, 7) is 0.497. The second-order valence-corrected chi connectivity index (χ2v) is 9.33. The molecular weight excluding hydrogens is 446 g/mol. The molecule has 0 bridgehead atoms. The quantitative estimate of drug-likeness (QED) is 0.738. The molecule has 2 heterocycles. The number of nitrogens with one attached hydrogen (secondary N) is 1. The Labute approximate surface area is 184 Å². The third-order valence-electron chi connectivity index (χ3n) is 5.15. The summed E-state index contributed by atoms with van der Waals surface area (Å²) in [6, 6.07) is 9.59. The van der Waals surface area contributed by atoms with Crippen LogP contribution in [0.1, 0.15) is 10.4 Å². The molecule has 0 aliphatic carbocycles. The summed E-state index contributed by atoms with van der Waals surface area (Å²) in [5.41, 5.74) is 0.755. The predicted molar refractivity (Wildman–Crippen MR) is 113 cm³/mol. The van der Waals surface area contributed by atoms with Gasteiger partial charge in [-0.2, -0.15) is 4.31 Å². The SMILES string of the molecule is COc1ccccc1C(=O)N1CCN(S(=O)(=O)c2cc3c(cc2Cl)NC(=O)CO3)CC1. The van der Waals surface area contributed by atoms with Gasteiger partial charge in [-0.3, -0.25) is 9.59 Å². The zero-order valence-corrected chi connectivity index (χ0v) is 18.2. The zero-order chi connectivity index (χ0) is 22.2. The van der Waals surface area contributed by atoms with Crippen molar-refractivity contribution in [3.63, 3.8) is 0 Å². The Morgan fingerprint density at radius 3 is 2.58 bits per heavy atom. The lowest BCUT2D eigenvalue weighted by Crippen LogP contribution is -2.50. The molecular formula is C20H20ClN3O6S. The molecule has 0 spiro atoms. The highest BCUT2D eigenvalue weighted by atomic mass is 35.5. The molecule has 0 atom stereocenters. The van der Waals surface area contributed by atoms with E-state index in [9.17, 15) is 18.0 Å². The lowest BCUT2D eigenvalue weighted by Gasteiger charge is -2.34. The van der Waals surface area contributed by atoms with E-state index in [1.54, 1.807) is 29.2 Å². The first-order valence-corrected chi connectivity index (χ1v) is 11.3. The Bertz CT molecular complexity index is 1150. The Hall–Kier alpha value is -2.82. The number of rotatable bonds is 4. The molecule has 1 N–H and O–H groups in total. The second kappa shape index (κ2) is 8.37. The maximum Gasteiger partial charge on any atom is 0.262 e. The first kappa shape index (κ1) is 21.4. The maximum atomic E-state index is 13.2. The topological polar surface area (TPSA) is 105 Å². The molecule has 9 nitrogen and oxygen atoms in total. The Morgan fingerprint density at radius 2 is 1.87 bits per heavy atom. The van der Waals surface area contributed by atoms with E-state index in [2.05, 4.69) is 5.32 Å². The summed E-state index contributed by atoms with van der Waals surface area (Å²) in [5, 5.41) is 2.57. The molecule has 1 saturated heterocycles. The lowest BCUT2D eigenvalue weighted by molar-refractivity contribution is -0.118. The van der Waals surface area contributed by atoms with Gasteiger partial charge in [-0.1, -0.05) is 23.7 Å².